The molecule has 0 aromatic rings. The third-order valence-electron chi connectivity index (χ3n) is 6.10. The van der Waals surface area contributed by atoms with Crippen molar-refractivity contribution < 1.29 is 34.3 Å². The van der Waals surface area contributed by atoms with E-state index in [1.54, 1.807) is 0 Å². The van der Waals surface area contributed by atoms with Crippen LogP contribution < -0.4 is 0 Å². The molecule has 0 amide bonds. The monoisotopic (exact) mass is 564 g/mol. The van der Waals surface area contributed by atoms with E-state index in [0.29, 0.717) is 19.3 Å². The Labute approximate surface area is 219 Å². The molecule has 0 fully saturated rings. The summed E-state index contributed by atoms with van der Waals surface area (Å²) in [5.74, 6) is 0. The molecule has 0 saturated carbocycles. The molecule has 0 aromatic carbocycles. The molecule has 0 spiro atoms. The van der Waals surface area contributed by atoms with E-state index in [1.165, 1.54) is 38.5 Å². The van der Waals surface area contributed by atoms with E-state index in [4.69, 9.17) is 24.9 Å². The van der Waals surface area contributed by atoms with E-state index in [1.807, 2.05) is 0 Å². The lowest BCUT2D eigenvalue weighted by molar-refractivity contribution is 0.160. The third-order valence-corrected chi connectivity index (χ3v) is 7.55. The number of alkyl halides is 1. The van der Waals surface area contributed by atoms with Crippen molar-refractivity contribution in [2.75, 3.05) is 6.61 Å². The van der Waals surface area contributed by atoms with E-state index < -0.39 is 32.3 Å². The first-order valence-corrected chi connectivity index (χ1v) is 16.6. The molecule has 0 heterocycles. The van der Waals surface area contributed by atoms with Crippen LogP contribution in [0.4, 0.5) is 0 Å². The fraction of sp³-hybridized carbons (Fsp3) is 1.00. The standard InChI is InChI=1S/C24H49ClO8S2/c1-2-3-4-5-11-15-18-21-24(33-35(29,30)31)23(25)20-17-14-12-9-7-6-8-10-13-16-19-22-32-34(26,27)28/h23-24H,2-22H2,1H3,(H,26,27,28)(H,29,30,31). The van der Waals surface area contributed by atoms with Crippen molar-refractivity contribution in [2.45, 2.75) is 147 Å². The minimum absolute atomic E-state index is 0.0315. The van der Waals surface area contributed by atoms with E-state index in [9.17, 15) is 16.8 Å². The fourth-order valence-electron chi connectivity index (χ4n) is 4.13. The quantitative estimate of drug-likeness (QED) is 0.0630. The lowest BCUT2D eigenvalue weighted by Gasteiger charge is -2.21. The molecule has 0 aliphatic carbocycles. The minimum atomic E-state index is -4.51. The molecule has 11 heteroatoms. The summed E-state index contributed by atoms with van der Waals surface area (Å²) in [5, 5.41) is -0.431. The van der Waals surface area contributed by atoms with Crippen LogP contribution in [0, 0.1) is 0 Å². The Morgan fingerprint density at radius 1 is 0.600 bits per heavy atom. The highest BCUT2D eigenvalue weighted by molar-refractivity contribution is 7.81. The van der Waals surface area contributed by atoms with Gasteiger partial charge in [0.2, 0.25) is 0 Å². The summed E-state index contributed by atoms with van der Waals surface area (Å²) in [7, 11) is -8.82. The Morgan fingerprint density at radius 2 is 1.00 bits per heavy atom. The average molecular weight is 565 g/mol. The first-order valence-electron chi connectivity index (χ1n) is 13.5. The topological polar surface area (TPSA) is 127 Å². The summed E-state index contributed by atoms with van der Waals surface area (Å²) < 4.78 is 70.0. The van der Waals surface area contributed by atoms with Crippen LogP contribution in [0.5, 0.6) is 0 Å². The van der Waals surface area contributed by atoms with Crippen LogP contribution in [-0.2, 0) is 29.2 Å². The summed E-state index contributed by atoms with van der Waals surface area (Å²) in [4.78, 5) is 0. The Morgan fingerprint density at radius 3 is 1.43 bits per heavy atom. The van der Waals surface area contributed by atoms with Gasteiger partial charge in [-0.2, -0.15) is 16.8 Å². The molecule has 2 N–H and O–H groups in total. The van der Waals surface area contributed by atoms with Crippen molar-refractivity contribution in [2.24, 2.45) is 0 Å². The van der Waals surface area contributed by atoms with Gasteiger partial charge in [0.05, 0.1) is 18.1 Å². The molecule has 8 nitrogen and oxygen atoms in total. The molecule has 2 unspecified atom stereocenters. The maximum absolute atomic E-state index is 11.2. The zero-order valence-corrected chi connectivity index (χ0v) is 23.9. The largest absolute Gasteiger partial charge is 0.397 e. The normalized spacial score (nSPS) is 14.3. The Balaban J connectivity index is 3.78. The van der Waals surface area contributed by atoms with Gasteiger partial charge in [0, 0.05) is 0 Å². The van der Waals surface area contributed by atoms with E-state index in [2.05, 4.69) is 11.1 Å². The number of halogens is 1. The van der Waals surface area contributed by atoms with Gasteiger partial charge in [0.1, 0.15) is 0 Å². The van der Waals surface area contributed by atoms with Crippen LogP contribution in [0.2, 0.25) is 0 Å². The lowest BCUT2D eigenvalue weighted by atomic mass is 10.0. The van der Waals surface area contributed by atoms with Crippen LogP contribution in [0.1, 0.15) is 135 Å². The molecular formula is C24H49ClO8S2. The van der Waals surface area contributed by atoms with Gasteiger partial charge in [0.15, 0.2) is 0 Å². The predicted octanol–water partition coefficient (Wildman–Crippen LogP) is 7.42. The highest BCUT2D eigenvalue weighted by atomic mass is 35.5. The first kappa shape index (κ1) is 35.0. The molecule has 0 saturated heterocycles. The second-order valence-electron chi connectivity index (χ2n) is 9.42. The molecule has 2 atom stereocenters. The van der Waals surface area contributed by atoms with Gasteiger partial charge in [-0.1, -0.05) is 116 Å². The Kier molecular flexibility index (Phi) is 22.1. The van der Waals surface area contributed by atoms with Crippen molar-refractivity contribution in [3.63, 3.8) is 0 Å². The Bertz CT molecular complexity index is 686. The number of rotatable bonds is 26. The molecule has 0 aliphatic rings. The number of unbranched alkanes of at least 4 members (excludes halogenated alkanes) is 16. The summed E-state index contributed by atoms with van der Waals surface area (Å²) in [5.41, 5.74) is 0. The molecule has 0 rings (SSSR count). The van der Waals surface area contributed by atoms with Gasteiger partial charge in [0.25, 0.3) is 0 Å². The summed E-state index contributed by atoms with van der Waals surface area (Å²) in [6.45, 7) is 2.21. The fourth-order valence-corrected chi connectivity index (χ4v) is 5.39. The van der Waals surface area contributed by atoms with E-state index in [-0.39, 0.29) is 6.61 Å². The van der Waals surface area contributed by atoms with Crippen molar-refractivity contribution in [1.29, 1.82) is 0 Å². The van der Waals surface area contributed by atoms with Crippen LogP contribution in [0.3, 0.4) is 0 Å². The number of hydrogen-bond acceptors (Lipinski definition) is 6. The van der Waals surface area contributed by atoms with E-state index >= 15 is 0 Å². The highest BCUT2D eigenvalue weighted by Crippen LogP contribution is 2.23. The summed E-state index contributed by atoms with van der Waals surface area (Å²) in [6.07, 6.45) is 19.7. The average Bonchev–Trinajstić information content (AvgIpc) is 2.76. The van der Waals surface area contributed by atoms with E-state index in [0.717, 1.165) is 70.6 Å². The van der Waals surface area contributed by atoms with Crippen LogP contribution in [0.15, 0.2) is 0 Å². The number of hydrogen-bond donors (Lipinski definition) is 2. The summed E-state index contributed by atoms with van der Waals surface area (Å²) in [6, 6.07) is 0. The SMILES string of the molecule is CCCCCCCCCC(OS(=O)(=O)O)C(Cl)CCCCCCCCCCCCCOS(=O)(=O)O. The van der Waals surface area contributed by atoms with Gasteiger partial charge in [-0.25, -0.2) is 8.37 Å². The molecule has 212 valence electrons. The van der Waals surface area contributed by atoms with Gasteiger partial charge >= 0.3 is 20.8 Å². The zero-order chi connectivity index (χ0) is 26.4. The van der Waals surface area contributed by atoms with Gasteiger partial charge in [-0.3, -0.25) is 9.11 Å². The molecule has 35 heavy (non-hydrogen) atoms. The van der Waals surface area contributed by atoms with Gasteiger partial charge < -0.3 is 0 Å². The molecule has 0 aromatic heterocycles. The zero-order valence-electron chi connectivity index (χ0n) is 21.5. The van der Waals surface area contributed by atoms with Gasteiger partial charge in [-0.05, 0) is 19.3 Å². The molecular weight excluding hydrogens is 516 g/mol. The molecule has 0 bridgehead atoms. The minimum Gasteiger partial charge on any atom is -0.264 e. The smallest absolute Gasteiger partial charge is 0.264 e. The Hall–Kier alpha value is 0.0300. The maximum Gasteiger partial charge on any atom is 0.397 e. The second kappa shape index (κ2) is 22.1. The third kappa shape index (κ3) is 26.9. The van der Waals surface area contributed by atoms with Crippen molar-refractivity contribution in [3.05, 3.63) is 0 Å². The molecule has 0 aliphatic heterocycles. The van der Waals surface area contributed by atoms with Crippen molar-refractivity contribution >= 4 is 32.4 Å². The summed E-state index contributed by atoms with van der Waals surface area (Å²) >= 11 is 6.45. The maximum atomic E-state index is 11.2. The van der Waals surface area contributed by atoms with Crippen molar-refractivity contribution in [1.82, 2.24) is 0 Å². The first-order chi connectivity index (χ1) is 16.5. The van der Waals surface area contributed by atoms with Crippen LogP contribution in [0.25, 0.3) is 0 Å². The highest BCUT2D eigenvalue weighted by Gasteiger charge is 2.24. The second-order valence-corrected chi connectivity index (χ2v) is 12.1. The van der Waals surface area contributed by atoms with Crippen molar-refractivity contribution in [3.8, 4) is 0 Å². The van der Waals surface area contributed by atoms with Gasteiger partial charge in [-0.15, -0.1) is 11.6 Å². The molecule has 0 radical (unpaired) electrons. The predicted molar refractivity (Wildman–Crippen MR) is 142 cm³/mol. The van der Waals surface area contributed by atoms with Crippen LogP contribution in [-0.4, -0.2) is 44.0 Å². The van der Waals surface area contributed by atoms with Crippen LogP contribution >= 0.6 is 11.6 Å². The lowest BCUT2D eigenvalue weighted by Crippen LogP contribution is -2.27.